The summed E-state index contributed by atoms with van der Waals surface area (Å²) in [6.45, 7) is 17.0. The van der Waals surface area contributed by atoms with E-state index >= 15 is 0 Å². The van der Waals surface area contributed by atoms with Gasteiger partial charge in [-0.3, -0.25) is 14.4 Å². The minimum absolute atomic E-state index is 0.157. The van der Waals surface area contributed by atoms with Crippen molar-refractivity contribution in [3.8, 4) is 0 Å². The summed E-state index contributed by atoms with van der Waals surface area (Å²) < 4.78 is 15.6. The average Bonchev–Trinajstić information content (AvgIpc) is 3.28. The van der Waals surface area contributed by atoms with E-state index in [4.69, 9.17) is 13.8 Å². The molecule has 0 spiro atoms. The number of benzene rings is 6. The van der Waals surface area contributed by atoms with Crippen LogP contribution in [-0.4, -0.2) is 45.0 Å². The summed E-state index contributed by atoms with van der Waals surface area (Å²) in [4.78, 5) is 44.8. The molecule has 0 bridgehead atoms. The molecule has 0 fully saturated rings. The van der Waals surface area contributed by atoms with Crippen LogP contribution in [0.4, 0.5) is 11.4 Å². The Balaban J connectivity index is 0.000000215. The highest BCUT2D eigenvalue weighted by atomic mass is 79.9. The number of hydrogen-bond donors (Lipinski definition) is 3. The van der Waals surface area contributed by atoms with E-state index in [1.807, 2.05) is 67.6 Å². The second kappa shape index (κ2) is 20.9. The first-order chi connectivity index (χ1) is 30.9. The number of anilines is 2. The Morgan fingerprint density at radius 1 is 0.631 bits per heavy atom. The van der Waals surface area contributed by atoms with Gasteiger partial charge in [0.05, 0.1) is 22.3 Å². The molecule has 3 N–H and O–H groups in total. The molecule has 2 atom stereocenters. The predicted molar refractivity (Wildman–Crippen MR) is 278 cm³/mol. The number of fused-ring (bicyclic) bond motifs is 1. The van der Waals surface area contributed by atoms with E-state index in [0.717, 1.165) is 19.3 Å². The minimum atomic E-state index is -2.87. The van der Waals surface area contributed by atoms with Gasteiger partial charge in [0, 0.05) is 8.95 Å². The lowest BCUT2D eigenvalue weighted by Crippen LogP contribution is -2.68. The van der Waals surface area contributed by atoms with Gasteiger partial charge in [0.2, 0.25) is 6.41 Å². The second-order valence-corrected chi connectivity index (χ2v) is 28.2. The third kappa shape index (κ3) is 10.9. The van der Waals surface area contributed by atoms with Crippen LogP contribution in [-0.2, 0) is 18.4 Å². The summed E-state index contributed by atoms with van der Waals surface area (Å²) in [7, 11) is -5.64. The van der Waals surface area contributed by atoms with Crippen LogP contribution in [0.2, 0.25) is 10.1 Å². The number of hydrogen-bond acceptors (Lipinski definition) is 6. The molecule has 7 rings (SSSR count). The molecule has 1 heterocycles. The molecular weight excluding hydrogens is 977 g/mol. The lowest BCUT2D eigenvalue weighted by atomic mass is 10.2. The van der Waals surface area contributed by atoms with Crippen molar-refractivity contribution < 1.29 is 18.4 Å². The van der Waals surface area contributed by atoms with Crippen LogP contribution in [0, 0.1) is 0 Å². The van der Waals surface area contributed by atoms with Gasteiger partial charge >= 0.3 is 0 Å². The van der Waals surface area contributed by atoms with Crippen molar-refractivity contribution in [2.24, 2.45) is 0 Å². The largest absolute Gasteiger partial charge is 0.398 e. The highest BCUT2D eigenvalue weighted by Crippen LogP contribution is 2.40. The SMILES string of the molecule is C[C@@H](O[Si](c1ccccc1)(c1ccccc1)C(C)(C)C)C(=O)Nc1cc(Br)ccc1NC=O.C[C@@H](O[Si](c1ccccc1)(c1ccccc1)C(C)(C)C)c1nc2cc(Br)ccc2c(=O)[nH]1. The maximum absolute atomic E-state index is 13.3. The number of amides is 2. The number of aromatic nitrogens is 2. The van der Waals surface area contributed by atoms with Crippen molar-refractivity contribution in [2.75, 3.05) is 10.6 Å². The molecule has 9 nitrogen and oxygen atoms in total. The van der Waals surface area contributed by atoms with Gasteiger partial charge in [-0.05, 0) is 81.1 Å². The molecule has 1 aromatic heterocycles. The summed E-state index contributed by atoms with van der Waals surface area (Å²) in [5, 5.41) is 10.3. The number of halogens is 2. The Morgan fingerprint density at radius 2 is 1.06 bits per heavy atom. The van der Waals surface area contributed by atoms with Gasteiger partial charge in [-0.25, -0.2) is 4.98 Å². The standard InChI is InChI=1S/C26H29BrN2O3Si.C26H27BrN2O2Si/c1-19(25(31)29-24-17-20(27)15-16-23(24)28-18-30)32-33(26(2,3)4,21-11-7-5-8-12-21)22-13-9-6-10-14-22;1-18(24-28-23-17-19(27)15-16-22(23)25(30)29-24)31-32(26(2,3)4,20-11-7-5-8-12-20)21-13-9-6-10-14-21/h5-19H,1-4H3,(H,28,30)(H,29,31);5-18H,1-4H3,(H,28,29,30)/t19-;18-/m11/s1. The van der Waals surface area contributed by atoms with Crippen LogP contribution >= 0.6 is 31.9 Å². The van der Waals surface area contributed by atoms with Crippen LogP contribution < -0.4 is 36.9 Å². The Bertz CT molecular complexity index is 2690. The molecule has 0 aliphatic rings. The number of carbonyl (C=O) groups is 2. The maximum atomic E-state index is 13.3. The zero-order valence-corrected chi connectivity index (χ0v) is 43.2. The first kappa shape index (κ1) is 49.2. The Labute approximate surface area is 401 Å². The first-order valence-electron chi connectivity index (χ1n) is 21.5. The van der Waals surface area contributed by atoms with Gasteiger partial charge < -0.3 is 24.5 Å². The summed E-state index contributed by atoms with van der Waals surface area (Å²) in [5.41, 5.74) is 1.50. The number of nitrogens with one attached hydrogen (secondary N) is 3. The van der Waals surface area contributed by atoms with E-state index in [9.17, 15) is 14.4 Å². The normalized spacial score (nSPS) is 13.0. The average molecular weight is 1030 g/mol. The van der Waals surface area contributed by atoms with Gasteiger partial charge in [0.15, 0.2) is 0 Å². The van der Waals surface area contributed by atoms with Crippen molar-refractivity contribution in [3.05, 3.63) is 183 Å². The number of H-pyrrole nitrogens is 1. The smallest absolute Gasteiger partial charge is 0.262 e. The fourth-order valence-corrected chi connectivity index (χ4v) is 18.4. The number of aromatic amines is 1. The van der Waals surface area contributed by atoms with Crippen LogP contribution in [0.5, 0.6) is 0 Å². The van der Waals surface area contributed by atoms with Crippen LogP contribution in [0.1, 0.15) is 67.3 Å². The summed E-state index contributed by atoms with van der Waals surface area (Å²) in [6.07, 6.45) is -0.557. The highest BCUT2D eigenvalue weighted by molar-refractivity contribution is 9.10. The molecule has 13 heteroatoms. The lowest BCUT2D eigenvalue weighted by Gasteiger charge is -2.44. The van der Waals surface area contributed by atoms with Gasteiger partial charge in [0.25, 0.3) is 28.1 Å². The molecule has 7 aromatic rings. The van der Waals surface area contributed by atoms with Gasteiger partial charge in [-0.15, -0.1) is 0 Å². The van der Waals surface area contributed by atoms with E-state index < -0.39 is 28.8 Å². The van der Waals surface area contributed by atoms with Crippen LogP contribution in [0.15, 0.2) is 171 Å². The van der Waals surface area contributed by atoms with E-state index in [0.29, 0.717) is 34.5 Å². The third-order valence-electron chi connectivity index (χ3n) is 11.4. The monoisotopic (exact) mass is 1030 g/mol. The first-order valence-corrected chi connectivity index (χ1v) is 26.9. The second-order valence-electron chi connectivity index (χ2n) is 17.9. The van der Waals surface area contributed by atoms with Gasteiger partial charge in [0.1, 0.15) is 18.0 Å². The molecule has 0 aliphatic heterocycles. The number of carbonyl (C=O) groups excluding carboxylic acids is 2. The molecule has 0 aliphatic carbocycles. The van der Waals surface area contributed by atoms with E-state index in [2.05, 4.69) is 162 Å². The number of rotatable bonds is 13. The minimum Gasteiger partial charge on any atom is -0.398 e. The summed E-state index contributed by atoms with van der Waals surface area (Å²) in [5.74, 6) is 0.253. The Hall–Kier alpha value is -5.29. The molecule has 65 heavy (non-hydrogen) atoms. The van der Waals surface area contributed by atoms with Crippen molar-refractivity contribution in [1.29, 1.82) is 0 Å². The number of nitrogens with zero attached hydrogens (tertiary/aromatic N) is 1. The summed E-state index contributed by atoms with van der Waals surface area (Å²) >= 11 is 6.90. The van der Waals surface area contributed by atoms with Crippen molar-refractivity contribution >= 4 is 104 Å². The molecule has 0 radical (unpaired) electrons. The molecule has 6 aromatic carbocycles. The van der Waals surface area contributed by atoms with E-state index in [1.165, 1.54) is 10.4 Å². The predicted octanol–water partition coefficient (Wildman–Crippen LogP) is 10.2. The Kier molecular flexibility index (Phi) is 15.8. The van der Waals surface area contributed by atoms with Crippen LogP contribution in [0.3, 0.4) is 0 Å². The van der Waals surface area contributed by atoms with Gasteiger partial charge in [-0.2, -0.15) is 0 Å². The van der Waals surface area contributed by atoms with Crippen molar-refractivity contribution in [2.45, 2.75) is 77.7 Å². The highest BCUT2D eigenvalue weighted by Gasteiger charge is 2.53. The van der Waals surface area contributed by atoms with Crippen molar-refractivity contribution in [1.82, 2.24) is 9.97 Å². The van der Waals surface area contributed by atoms with E-state index in [-0.39, 0.29) is 21.5 Å². The fraction of sp³-hybridized carbons (Fsp3) is 0.231. The lowest BCUT2D eigenvalue weighted by molar-refractivity contribution is -0.122. The molecular formula is C52H56Br2N4O5Si2. The van der Waals surface area contributed by atoms with Gasteiger partial charge in [-0.1, -0.05) is 195 Å². The fourth-order valence-electron chi connectivity index (χ4n) is 8.39. The topological polar surface area (TPSA) is 122 Å². The van der Waals surface area contributed by atoms with E-state index in [1.54, 1.807) is 31.2 Å². The van der Waals surface area contributed by atoms with Crippen LogP contribution in [0.25, 0.3) is 10.9 Å². The molecule has 336 valence electrons. The molecule has 0 saturated heterocycles. The van der Waals surface area contributed by atoms with Crippen molar-refractivity contribution in [3.63, 3.8) is 0 Å². The summed E-state index contributed by atoms with van der Waals surface area (Å²) in [6, 6.07) is 52.1. The Morgan fingerprint density at radius 3 is 1.51 bits per heavy atom. The molecule has 2 amide bonds. The quantitative estimate of drug-likeness (QED) is 0.0781. The third-order valence-corrected chi connectivity index (χ3v) is 22.6. The zero-order chi connectivity index (χ0) is 47.0. The zero-order valence-electron chi connectivity index (χ0n) is 38.0. The maximum Gasteiger partial charge on any atom is 0.262 e. The molecule has 0 unspecified atom stereocenters. The molecule has 0 saturated carbocycles.